The minimum atomic E-state index is 0.992. The second-order valence-electron chi connectivity index (χ2n) is 2.73. The van der Waals surface area contributed by atoms with Crippen molar-refractivity contribution in [2.75, 3.05) is 7.05 Å². The average molecular weight is 299 g/mol. The number of nitrogens with zero attached hydrogens (tertiary/aromatic N) is 4. The van der Waals surface area contributed by atoms with Gasteiger partial charge in [-0.2, -0.15) is 5.10 Å². The Morgan fingerprint density at radius 1 is 1.57 bits per heavy atom. The number of rotatable bonds is 1. The van der Waals surface area contributed by atoms with Gasteiger partial charge in [0.15, 0.2) is 5.87 Å². The summed E-state index contributed by atoms with van der Waals surface area (Å²) in [6.07, 6.45) is 8.97. The van der Waals surface area contributed by atoms with Crippen LogP contribution in [0.3, 0.4) is 0 Å². The van der Waals surface area contributed by atoms with Gasteiger partial charge in [-0.3, -0.25) is 0 Å². The maximum atomic E-state index is 4.09. The first kappa shape index (κ1) is 9.36. The zero-order valence-corrected chi connectivity index (χ0v) is 9.71. The fourth-order valence-corrected chi connectivity index (χ4v) is 1.66. The number of hydrogen-bond acceptors (Lipinski definition) is 2. The van der Waals surface area contributed by atoms with Crippen molar-refractivity contribution in [3.8, 4) is 0 Å². The van der Waals surface area contributed by atoms with Gasteiger partial charge in [0.2, 0.25) is 0 Å². The Labute approximate surface area is 95.1 Å². The average Bonchev–Trinajstić information content (AvgIpc) is 2.64. The third-order valence-electron chi connectivity index (χ3n) is 1.79. The Morgan fingerprint density at radius 2 is 2.43 bits per heavy atom. The number of halogens is 1. The van der Waals surface area contributed by atoms with Crippen LogP contribution in [0.2, 0.25) is 0 Å². The van der Waals surface area contributed by atoms with E-state index in [1.54, 1.807) is 11.0 Å². The molecule has 0 spiro atoms. The monoisotopic (exact) mass is 299 g/mol. The Bertz CT molecular complexity index is 461. The molecule has 0 saturated heterocycles. The van der Waals surface area contributed by atoms with Crippen LogP contribution >= 0.6 is 22.6 Å². The molecule has 0 aliphatic carbocycles. The van der Waals surface area contributed by atoms with E-state index in [1.165, 1.54) is 6.33 Å². The van der Waals surface area contributed by atoms with Crippen LogP contribution in [-0.4, -0.2) is 32.3 Å². The van der Waals surface area contributed by atoms with E-state index in [0.29, 0.717) is 0 Å². The molecule has 0 unspecified atom stereocenters. The van der Waals surface area contributed by atoms with Gasteiger partial charge in [-0.05, 0) is 12.2 Å². The minimum absolute atomic E-state index is 0.992. The van der Waals surface area contributed by atoms with E-state index >= 15 is 0 Å². The molecule has 1 aromatic rings. The van der Waals surface area contributed by atoms with Crippen LogP contribution in [0.15, 0.2) is 34.6 Å². The molecule has 1 aliphatic heterocycles. The molecule has 2 rings (SSSR count). The normalized spacial score (nSPS) is 15.7. The molecule has 2 heterocycles. The number of hydrogen-bond donors (Lipinski definition) is 0. The summed E-state index contributed by atoms with van der Waals surface area (Å²) in [6.45, 7) is 0. The lowest BCUT2D eigenvalue weighted by molar-refractivity contribution is -0.417. The Balaban J connectivity index is 2.56. The fourth-order valence-electron chi connectivity index (χ4n) is 1.09. The van der Waals surface area contributed by atoms with Crippen molar-refractivity contribution in [1.82, 2.24) is 14.8 Å². The summed E-state index contributed by atoms with van der Waals surface area (Å²) in [4.78, 5) is 3.92. The highest BCUT2D eigenvalue weighted by Crippen LogP contribution is 2.18. The molecule has 0 saturated carbocycles. The molecule has 1 aliphatic rings. The lowest BCUT2D eigenvalue weighted by Crippen LogP contribution is -2.04. The molecule has 0 aromatic carbocycles. The first-order chi connectivity index (χ1) is 6.79. The van der Waals surface area contributed by atoms with Gasteiger partial charge in [-0.25, -0.2) is 9.67 Å². The summed E-state index contributed by atoms with van der Waals surface area (Å²) in [7, 11) is 1.95. The second-order valence-corrected chi connectivity index (χ2v) is 3.75. The van der Waals surface area contributed by atoms with Crippen LogP contribution in [0.25, 0.3) is 5.70 Å². The predicted molar refractivity (Wildman–Crippen MR) is 62.2 cm³/mol. The maximum absolute atomic E-state index is 4.09. The second kappa shape index (κ2) is 3.89. The van der Waals surface area contributed by atoms with E-state index in [1.807, 2.05) is 29.9 Å². The molecule has 0 N–H and O–H groups in total. The lowest BCUT2D eigenvalue weighted by atomic mass is 10.4. The standard InChI is InChI=1S/C9H8IN4/c1-13-5-3-2-4-8(9(13)10)14-7-11-6-12-14/h2-4,6-7H,1H3/q+1. The van der Waals surface area contributed by atoms with Crippen LogP contribution in [0, 0.1) is 0 Å². The molecule has 0 amide bonds. The molecule has 0 radical (unpaired) electrons. The lowest BCUT2D eigenvalue weighted by Gasteiger charge is -1.99. The van der Waals surface area contributed by atoms with Crippen molar-refractivity contribution in [2.24, 2.45) is 0 Å². The predicted octanol–water partition coefficient (Wildman–Crippen LogP) is 1.28. The highest BCUT2D eigenvalue weighted by Gasteiger charge is 2.13. The molecule has 0 bridgehead atoms. The molecule has 14 heavy (non-hydrogen) atoms. The molecule has 70 valence electrons. The SMILES string of the molecule is C[N+]1=C=CC=CC(n2cncn2)=C1I. The first-order valence-electron chi connectivity index (χ1n) is 4.03. The summed E-state index contributed by atoms with van der Waals surface area (Å²) in [6, 6.07) is 0. The Kier molecular flexibility index (Phi) is 2.60. The van der Waals surface area contributed by atoms with Gasteiger partial charge in [-0.1, -0.05) is 0 Å². The zero-order valence-electron chi connectivity index (χ0n) is 7.55. The van der Waals surface area contributed by atoms with Crippen LogP contribution in [0.4, 0.5) is 0 Å². The molecule has 4 nitrogen and oxygen atoms in total. The van der Waals surface area contributed by atoms with Gasteiger partial charge >= 0.3 is 0 Å². The smallest absolute Gasteiger partial charge is 0.223 e. The van der Waals surface area contributed by atoms with Crippen molar-refractivity contribution >= 4 is 34.2 Å². The molecule has 0 fully saturated rings. The molecule has 5 heteroatoms. The third kappa shape index (κ3) is 1.69. The molecular weight excluding hydrogens is 291 g/mol. The fraction of sp³-hybridized carbons (Fsp3) is 0.111. The van der Waals surface area contributed by atoms with E-state index in [-0.39, 0.29) is 0 Å². The van der Waals surface area contributed by atoms with E-state index < -0.39 is 0 Å². The van der Waals surface area contributed by atoms with Gasteiger partial charge in [0.1, 0.15) is 25.4 Å². The van der Waals surface area contributed by atoms with E-state index in [9.17, 15) is 0 Å². The number of aromatic nitrogens is 3. The molecule has 0 atom stereocenters. The van der Waals surface area contributed by atoms with Gasteiger partial charge < -0.3 is 0 Å². The topological polar surface area (TPSA) is 33.7 Å². The Morgan fingerprint density at radius 3 is 3.14 bits per heavy atom. The molecule has 1 aromatic heterocycles. The maximum Gasteiger partial charge on any atom is 0.275 e. The van der Waals surface area contributed by atoms with Gasteiger partial charge in [-0.15, -0.1) is 4.58 Å². The van der Waals surface area contributed by atoms with E-state index in [4.69, 9.17) is 0 Å². The number of allylic oxidation sites excluding steroid dienone is 4. The summed E-state index contributed by atoms with van der Waals surface area (Å²) < 4.78 is 4.70. The summed E-state index contributed by atoms with van der Waals surface area (Å²) in [5.74, 6) is 3.08. The molecular formula is C9H8IN4+. The Hall–Kier alpha value is -1.20. The summed E-state index contributed by atoms with van der Waals surface area (Å²) in [5, 5.41) is 4.09. The van der Waals surface area contributed by atoms with Gasteiger partial charge in [0.05, 0.1) is 0 Å². The zero-order chi connectivity index (χ0) is 9.97. The third-order valence-corrected chi connectivity index (χ3v) is 3.07. The van der Waals surface area contributed by atoms with E-state index in [0.717, 1.165) is 9.40 Å². The van der Waals surface area contributed by atoms with Gasteiger partial charge in [0, 0.05) is 28.7 Å². The highest BCUT2D eigenvalue weighted by molar-refractivity contribution is 14.1. The van der Waals surface area contributed by atoms with Gasteiger partial charge in [0.25, 0.3) is 3.70 Å². The van der Waals surface area contributed by atoms with E-state index in [2.05, 4.69) is 38.5 Å². The largest absolute Gasteiger partial charge is 0.275 e. The quantitative estimate of drug-likeness (QED) is 0.445. The van der Waals surface area contributed by atoms with Crippen molar-refractivity contribution < 1.29 is 4.58 Å². The summed E-state index contributed by atoms with van der Waals surface area (Å²) in [5.41, 5.74) is 0.992. The van der Waals surface area contributed by atoms with Crippen molar-refractivity contribution in [3.05, 3.63) is 34.6 Å². The van der Waals surface area contributed by atoms with Crippen molar-refractivity contribution in [2.45, 2.75) is 0 Å². The minimum Gasteiger partial charge on any atom is -0.223 e. The van der Waals surface area contributed by atoms with Crippen molar-refractivity contribution in [1.29, 1.82) is 0 Å². The summed E-state index contributed by atoms with van der Waals surface area (Å²) >= 11 is 2.25. The highest BCUT2D eigenvalue weighted by atomic mass is 127. The van der Waals surface area contributed by atoms with Crippen LogP contribution in [-0.2, 0) is 0 Å². The first-order valence-corrected chi connectivity index (χ1v) is 5.11. The van der Waals surface area contributed by atoms with Crippen molar-refractivity contribution in [3.63, 3.8) is 0 Å². The van der Waals surface area contributed by atoms with Crippen LogP contribution in [0.5, 0.6) is 0 Å². The van der Waals surface area contributed by atoms with Crippen LogP contribution in [0.1, 0.15) is 0 Å². The van der Waals surface area contributed by atoms with Crippen LogP contribution < -0.4 is 0 Å².